The predicted molar refractivity (Wildman–Crippen MR) is 83.7 cm³/mol. The minimum absolute atomic E-state index is 0.0901. The van der Waals surface area contributed by atoms with Gasteiger partial charge in [0.2, 0.25) is 5.91 Å². The number of nitrogens with zero attached hydrogens (tertiary/aromatic N) is 1. The van der Waals surface area contributed by atoms with Gasteiger partial charge in [-0.05, 0) is 24.1 Å². The average molecular weight is 320 g/mol. The number of benzene rings is 1. The van der Waals surface area contributed by atoms with Crippen LogP contribution >= 0.6 is 11.6 Å². The third-order valence-electron chi connectivity index (χ3n) is 3.91. The summed E-state index contributed by atoms with van der Waals surface area (Å²) in [6, 6.07) is 5.71. The maximum atomic E-state index is 12.4. The summed E-state index contributed by atoms with van der Waals surface area (Å²) in [5, 5.41) is 3.68. The zero-order valence-electron chi connectivity index (χ0n) is 12.4. The number of imidazole rings is 1. The highest BCUT2D eigenvalue weighted by Crippen LogP contribution is 2.28. The lowest BCUT2D eigenvalue weighted by Gasteiger charge is -2.26. The summed E-state index contributed by atoms with van der Waals surface area (Å²) in [5.41, 5.74) is 1.32. The molecule has 6 heteroatoms. The molecule has 0 radical (unpaired) electrons. The van der Waals surface area contributed by atoms with Crippen molar-refractivity contribution in [2.24, 2.45) is 0 Å². The number of amides is 1. The van der Waals surface area contributed by atoms with E-state index in [1.807, 2.05) is 25.1 Å². The van der Waals surface area contributed by atoms with Crippen molar-refractivity contribution in [2.75, 3.05) is 13.2 Å². The van der Waals surface area contributed by atoms with E-state index in [1.165, 1.54) is 0 Å². The van der Waals surface area contributed by atoms with Gasteiger partial charge in [0.25, 0.3) is 0 Å². The first-order valence-electron chi connectivity index (χ1n) is 7.23. The molecule has 1 amide bonds. The van der Waals surface area contributed by atoms with E-state index in [1.54, 1.807) is 12.4 Å². The van der Waals surface area contributed by atoms with E-state index in [0.29, 0.717) is 24.7 Å². The average Bonchev–Trinajstić information content (AvgIpc) is 3.13. The van der Waals surface area contributed by atoms with Gasteiger partial charge < -0.3 is 15.0 Å². The van der Waals surface area contributed by atoms with Crippen LogP contribution in [0.5, 0.6) is 0 Å². The van der Waals surface area contributed by atoms with E-state index in [2.05, 4.69) is 15.3 Å². The first kappa shape index (κ1) is 15.1. The van der Waals surface area contributed by atoms with E-state index in [0.717, 1.165) is 17.0 Å². The highest BCUT2D eigenvalue weighted by atomic mass is 35.5. The van der Waals surface area contributed by atoms with Gasteiger partial charge in [-0.15, -0.1) is 0 Å². The Balaban J connectivity index is 1.75. The van der Waals surface area contributed by atoms with Crippen molar-refractivity contribution in [3.63, 3.8) is 0 Å². The van der Waals surface area contributed by atoms with Crippen LogP contribution in [0.3, 0.4) is 0 Å². The lowest BCUT2D eigenvalue weighted by atomic mass is 9.97. The molecule has 1 saturated heterocycles. The zero-order valence-corrected chi connectivity index (χ0v) is 13.1. The first-order valence-corrected chi connectivity index (χ1v) is 7.60. The Labute approximate surface area is 134 Å². The standard InChI is InChI=1S/C16H18ClN3O2/c1-11-2-3-12(13(17)8-11)9-14(21)20-16(4-7-22-10-16)15-18-5-6-19-15/h2-3,5-6,8H,4,7,9-10H2,1H3,(H,18,19)(H,20,21). The van der Waals surface area contributed by atoms with Gasteiger partial charge in [0, 0.05) is 30.4 Å². The van der Waals surface area contributed by atoms with Gasteiger partial charge in [0.1, 0.15) is 11.4 Å². The molecule has 5 nitrogen and oxygen atoms in total. The second-order valence-corrected chi connectivity index (χ2v) is 6.05. The largest absolute Gasteiger partial charge is 0.378 e. The second-order valence-electron chi connectivity index (χ2n) is 5.64. The fraction of sp³-hybridized carbons (Fsp3) is 0.375. The van der Waals surface area contributed by atoms with Crippen LogP contribution in [-0.4, -0.2) is 29.1 Å². The number of carbonyl (C=O) groups excluding carboxylic acids is 1. The zero-order chi connectivity index (χ0) is 15.6. The maximum Gasteiger partial charge on any atom is 0.225 e. The molecule has 22 heavy (non-hydrogen) atoms. The molecule has 0 saturated carbocycles. The highest BCUT2D eigenvalue weighted by Gasteiger charge is 2.40. The summed E-state index contributed by atoms with van der Waals surface area (Å²) in [4.78, 5) is 19.8. The van der Waals surface area contributed by atoms with Crippen LogP contribution in [0.1, 0.15) is 23.4 Å². The topological polar surface area (TPSA) is 67.0 Å². The SMILES string of the molecule is Cc1ccc(CC(=O)NC2(c3ncc[nH]3)CCOC2)c(Cl)c1. The maximum absolute atomic E-state index is 12.4. The summed E-state index contributed by atoms with van der Waals surface area (Å²) in [5.74, 6) is 0.640. The number of aryl methyl sites for hydroxylation is 1. The molecule has 1 atom stereocenters. The molecule has 2 N–H and O–H groups in total. The normalized spacial score (nSPS) is 21.0. The fourth-order valence-electron chi connectivity index (χ4n) is 2.72. The van der Waals surface area contributed by atoms with Crippen molar-refractivity contribution in [3.05, 3.63) is 52.6 Å². The number of aromatic nitrogens is 2. The number of H-pyrrole nitrogens is 1. The molecule has 2 heterocycles. The van der Waals surface area contributed by atoms with Gasteiger partial charge in [-0.1, -0.05) is 23.7 Å². The Morgan fingerprint density at radius 3 is 3.05 bits per heavy atom. The van der Waals surface area contributed by atoms with Crippen LogP contribution in [0, 0.1) is 6.92 Å². The second kappa shape index (κ2) is 6.10. The quantitative estimate of drug-likeness (QED) is 0.909. The number of hydrogen-bond donors (Lipinski definition) is 2. The predicted octanol–water partition coefficient (Wildman–Crippen LogP) is 2.35. The van der Waals surface area contributed by atoms with Gasteiger partial charge in [-0.2, -0.15) is 0 Å². The number of carbonyl (C=O) groups is 1. The summed E-state index contributed by atoms with van der Waals surface area (Å²) in [7, 11) is 0. The molecule has 116 valence electrons. The molecule has 0 bridgehead atoms. The van der Waals surface area contributed by atoms with Crippen molar-refractivity contribution in [1.29, 1.82) is 0 Å². The number of ether oxygens (including phenoxy) is 1. The van der Waals surface area contributed by atoms with E-state index in [4.69, 9.17) is 16.3 Å². The highest BCUT2D eigenvalue weighted by molar-refractivity contribution is 6.31. The molecule has 0 aliphatic carbocycles. The molecule has 2 aromatic rings. The van der Waals surface area contributed by atoms with Crippen molar-refractivity contribution in [1.82, 2.24) is 15.3 Å². The van der Waals surface area contributed by atoms with Gasteiger partial charge in [0.15, 0.2) is 0 Å². The van der Waals surface area contributed by atoms with Gasteiger partial charge in [-0.25, -0.2) is 4.98 Å². The van der Waals surface area contributed by atoms with E-state index >= 15 is 0 Å². The van der Waals surface area contributed by atoms with Gasteiger partial charge in [0.05, 0.1) is 13.0 Å². The molecule has 1 aliphatic rings. The monoisotopic (exact) mass is 319 g/mol. The molecule has 3 rings (SSSR count). The minimum Gasteiger partial charge on any atom is -0.378 e. The molecular weight excluding hydrogens is 302 g/mol. The van der Waals surface area contributed by atoms with E-state index in [9.17, 15) is 4.79 Å². The Morgan fingerprint density at radius 2 is 2.41 bits per heavy atom. The summed E-state index contributed by atoms with van der Waals surface area (Å²) in [6.45, 7) is 3.00. The van der Waals surface area contributed by atoms with Crippen LogP contribution in [0.15, 0.2) is 30.6 Å². The summed E-state index contributed by atoms with van der Waals surface area (Å²) >= 11 is 6.20. The lowest BCUT2D eigenvalue weighted by Crippen LogP contribution is -2.47. The number of nitrogens with one attached hydrogen (secondary N) is 2. The number of halogens is 1. The number of hydrogen-bond acceptors (Lipinski definition) is 3. The minimum atomic E-state index is -0.572. The van der Waals surface area contributed by atoms with Crippen molar-refractivity contribution >= 4 is 17.5 Å². The van der Waals surface area contributed by atoms with Crippen LogP contribution < -0.4 is 5.32 Å². The summed E-state index contributed by atoms with van der Waals surface area (Å²) in [6.07, 6.45) is 4.37. The van der Waals surface area contributed by atoms with Gasteiger partial charge >= 0.3 is 0 Å². The molecule has 0 spiro atoms. The Morgan fingerprint density at radius 1 is 1.55 bits per heavy atom. The van der Waals surface area contributed by atoms with Crippen molar-refractivity contribution in [3.8, 4) is 0 Å². The Bertz CT molecular complexity index is 664. The Kier molecular flexibility index (Phi) is 4.18. The molecular formula is C16H18ClN3O2. The lowest BCUT2D eigenvalue weighted by molar-refractivity contribution is -0.122. The van der Waals surface area contributed by atoms with Crippen LogP contribution in [0.25, 0.3) is 0 Å². The van der Waals surface area contributed by atoms with Crippen LogP contribution in [0.4, 0.5) is 0 Å². The molecule has 1 unspecified atom stereocenters. The molecule has 1 aliphatic heterocycles. The van der Waals surface area contributed by atoms with Crippen molar-refractivity contribution < 1.29 is 9.53 Å². The summed E-state index contributed by atoms with van der Waals surface area (Å²) < 4.78 is 5.47. The number of aromatic amines is 1. The third-order valence-corrected chi connectivity index (χ3v) is 4.26. The number of rotatable bonds is 4. The van der Waals surface area contributed by atoms with Crippen LogP contribution in [-0.2, 0) is 21.5 Å². The first-order chi connectivity index (χ1) is 10.6. The molecule has 1 aromatic heterocycles. The fourth-order valence-corrected chi connectivity index (χ4v) is 3.02. The smallest absolute Gasteiger partial charge is 0.225 e. The third kappa shape index (κ3) is 3.00. The van der Waals surface area contributed by atoms with E-state index < -0.39 is 5.54 Å². The molecule has 1 aromatic carbocycles. The van der Waals surface area contributed by atoms with Crippen LogP contribution in [0.2, 0.25) is 5.02 Å². The van der Waals surface area contributed by atoms with E-state index in [-0.39, 0.29) is 12.3 Å². The Hall–Kier alpha value is -1.85. The van der Waals surface area contributed by atoms with Gasteiger partial charge in [-0.3, -0.25) is 4.79 Å². The molecule has 1 fully saturated rings. The van der Waals surface area contributed by atoms with Crippen molar-refractivity contribution in [2.45, 2.75) is 25.3 Å².